The van der Waals surface area contributed by atoms with Crippen LogP contribution in [0.15, 0.2) is 205 Å². The van der Waals surface area contributed by atoms with E-state index in [4.69, 9.17) is 14.4 Å². The van der Waals surface area contributed by atoms with Crippen LogP contribution < -0.4 is 4.90 Å². The lowest BCUT2D eigenvalue weighted by Crippen LogP contribution is -2.09. The molecule has 0 radical (unpaired) electrons. The maximum atomic E-state index is 6.43. The summed E-state index contributed by atoms with van der Waals surface area (Å²) in [6, 6.07) is 70.4. The number of fused-ring (bicyclic) bond motifs is 6. The van der Waals surface area contributed by atoms with Gasteiger partial charge >= 0.3 is 0 Å². The Morgan fingerprint density at radius 1 is 0.421 bits per heavy atom. The molecule has 0 N–H and O–H groups in total. The van der Waals surface area contributed by atoms with Crippen molar-refractivity contribution < 1.29 is 4.42 Å². The van der Waals surface area contributed by atoms with Gasteiger partial charge in [0, 0.05) is 53.7 Å². The van der Waals surface area contributed by atoms with Crippen LogP contribution in [0.25, 0.3) is 87.1 Å². The zero-order chi connectivity index (χ0) is 37.7. The predicted octanol–water partition coefficient (Wildman–Crippen LogP) is 14.9. The van der Waals surface area contributed by atoms with Crippen LogP contribution in [-0.4, -0.2) is 9.97 Å². The van der Waals surface area contributed by atoms with E-state index in [1.54, 1.807) is 0 Å². The molecule has 5 heteroatoms. The summed E-state index contributed by atoms with van der Waals surface area (Å²) in [4.78, 5) is 12.8. The van der Waals surface area contributed by atoms with Gasteiger partial charge in [0.05, 0.1) is 0 Å². The van der Waals surface area contributed by atoms with Gasteiger partial charge in [-0.3, -0.25) is 0 Å². The van der Waals surface area contributed by atoms with E-state index in [-0.39, 0.29) is 0 Å². The summed E-state index contributed by atoms with van der Waals surface area (Å²) in [6.45, 7) is 0. The van der Waals surface area contributed by atoms with Crippen molar-refractivity contribution in [1.82, 2.24) is 9.97 Å². The van der Waals surface area contributed by atoms with Gasteiger partial charge in [0.15, 0.2) is 11.4 Å². The van der Waals surface area contributed by atoms with Gasteiger partial charge in [0.2, 0.25) is 0 Å². The van der Waals surface area contributed by atoms with Crippen LogP contribution in [0, 0.1) is 0 Å². The summed E-state index contributed by atoms with van der Waals surface area (Å²) in [5.74, 6) is 0.666. The number of benzene rings is 8. The predicted molar refractivity (Wildman–Crippen MR) is 239 cm³/mol. The van der Waals surface area contributed by atoms with Gasteiger partial charge in [0.25, 0.3) is 0 Å². The van der Waals surface area contributed by atoms with Crippen LogP contribution in [0.5, 0.6) is 0 Å². The second kappa shape index (κ2) is 13.7. The van der Waals surface area contributed by atoms with Gasteiger partial charge in [0.1, 0.15) is 16.8 Å². The van der Waals surface area contributed by atoms with Crippen molar-refractivity contribution in [2.75, 3.05) is 4.90 Å². The van der Waals surface area contributed by atoms with Gasteiger partial charge in [-0.25, -0.2) is 9.97 Å². The summed E-state index contributed by atoms with van der Waals surface area (Å²) >= 11 is 1.81. The molecule has 3 aromatic heterocycles. The van der Waals surface area contributed by atoms with Crippen molar-refractivity contribution >= 4 is 70.6 Å². The molecule has 0 saturated carbocycles. The molecule has 268 valence electrons. The number of thiophene rings is 1. The fourth-order valence-electron chi connectivity index (χ4n) is 7.97. The van der Waals surface area contributed by atoms with Crippen LogP contribution in [0.1, 0.15) is 0 Å². The molecular weight excluding hydrogens is 715 g/mol. The van der Waals surface area contributed by atoms with Crippen molar-refractivity contribution in [3.8, 4) is 44.9 Å². The number of aromatic nitrogens is 2. The molecule has 0 saturated heterocycles. The molecule has 11 aromatic rings. The molecule has 0 aliphatic carbocycles. The van der Waals surface area contributed by atoms with E-state index >= 15 is 0 Å². The highest BCUT2D eigenvalue weighted by atomic mass is 32.1. The first-order valence-corrected chi connectivity index (χ1v) is 19.9. The van der Waals surface area contributed by atoms with Gasteiger partial charge < -0.3 is 9.32 Å². The van der Waals surface area contributed by atoms with E-state index in [1.165, 1.54) is 31.3 Å². The highest BCUT2D eigenvalue weighted by molar-refractivity contribution is 7.26. The number of para-hydroxylation sites is 2. The van der Waals surface area contributed by atoms with Crippen molar-refractivity contribution in [1.29, 1.82) is 0 Å². The molecule has 0 aliphatic heterocycles. The van der Waals surface area contributed by atoms with Crippen LogP contribution >= 0.6 is 11.3 Å². The van der Waals surface area contributed by atoms with E-state index in [0.717, 1.165) is 61.5 Å². The third-order valence-corrected chi connectivity index (χ3v) is 11.8. The third kappa shape index (κ3) is 5.84. The van der Waals surface area contributed by atoms with Gasteiger partial charge in [-0.05, 0) is 89.0 Å². The van der Waals surface area contributed by atoms with E-state index < -0.39 is 0 Å². The molecule has 57 heavy (non-hydrogen) atoms. The quantitative estimate of drug-likeness (QED) is 0.163. The van der Waals surface area contributed by atoms with Gasteiger partial charge in [-0.15, -0.1) is 11.3 Å². The van der Waals surface area contributed by atoms with E-state index in [0.29, 0.717) is 11.4 Å². The number of anilines is 3. The second-order valence-electron chi connectivity index (χ2n) is 14.2. The zero-order valence-corrected chi connectivity index (χ0v) is 31.5. The highest BCUT2D eigenvalue weighted by Gasteiger charge is 2.21. The Hall–Kier alpha value is -7.34. The molecule has 3 heterocycles. The first-order valence-electron chi connectivity index (χ1n) is 19.1. The topological polar surface area (TPSA) is 42.2 Å². The molecule has 11 rings (SSSR count). The minimum atomic E-state index is 0.666. The summed E-state index contributed by atoms with van der Waals surface area (Å²) in [7, 11) is 0. The van der Waals surface area contributed by atoms with E-state index in [2.05, 4.69) is 169 Å². The number of hydrogen-bond donors (Lipinski definition) is 0. The Morgan fingerprint density at radius 2 is 0.982 bits per heavy atom. The highest BCUT2D eigenvalue weighted by Crippen LogP contribution is 2.44. The smallest absolute Gasteiger partial charge is 0.180 e. The number of furan rings is 1. The van der Waals surface area contributed by atoms with Crippen LogP contribution in [0.3, 0.4) is 0 Å². The van der Waals surface area contributed by atoms with Crippen molar-refractivity contribution in [2.45, 2.75) is 0 Å². The molecule has 0 fully saturated rings. The minimum Gasteiger partial charge on any atom is -0.452 e. The number of rotatable bonds is 7. The monoisotopic (exact) mass is 747 g/mol. The average Bonchev–Trinajstić information content (AvgIpc) is 3.86. The molecule has 0 atom stereocenters. The average molecular weight is 748 g/mol. The third-order valence-electron chi connectivity index (χ3n) is 10.7. The first kappa shape index (κ1) is 33.0. The lowest BCUT2D eigenvalue weighted by Gasteiger charge is -2.26. The Bertz CT molecular complexity index is 3210. The SMILES string of the molecule is c1ccc(-c2ccc(N(c3ccccc3)c3ccc(-c4cc(-c5nc(-c6ccccc6)c6oc7ccccc7c6n5)cc5sc6ccccc6c45)cc3)cc2)cc1. The molecule has 0 aliphatic rings. The lowest BCUT2D eigenvalue weighted by atomic mass is 9.96. The van der Waals surface area contributed by atoms with Crippen molar-refractivity contribution in [3.05, 3.63) is 200 Å². The summed E-state index contributed by atoms with van der Waals surface area (Å²) in [6.07, 6.45) is 0. The lowest BCUT2D eigenvalue weighted by molar-refractivity contribution is 0.667. The van der Waals surface area contributed by atoms with Crippen LogP contribution in [0.4, 0.5) is 17.1 Å². The van der Waals surface area contributed by atoms with Gasteiger partial charge in [-0.1, -0.05) is 133 Å². The van der Waals surface area contributed by atoms with Crippen LogP contribution in [-0.2, 0) is 0 Å². The van der Waals surface area contributed by atoms with Crippen molar-refractivity contribution in [3.63, 3.8) is 0 Å². The van der Waals surface area contributed by atoms with Crippen LogP contribution in [0.2, 0.25) is 0 Å². The van der Waals surface area contributed by atoms with Crippen molar-refractivity contribution in [2.24, 2.45) is 0 Å². The Morgan fingerprint density at radius 3 is 1.70 bits per heavy atom. The molecule has 8 aromatic carbocycles. The maximum Gasteiger partial charge on any atom is 0.180 e. The van der Waals surface area contributed by atoms with Gasteiger partial charge in [-0.2, -0.15) is 0 Å². The minimum absolute atomic E-state index is 0.666. The molecule has 0 unspecified atom stereocenters. The number of hydrogen-bond acceptors (Lipinski definition) is 5. The second-order valence-corrected chi connectivity index (χ2v) is 15.2. The molecule has 4 nitrogen and oxygen atoms in total. The van der Waals surface area contributed by atoms with E-state index in [1.807, 2.05) is 47.7 Å². The van der Waals surface area contributed by atoms with E-state index in [9.17, 15) is 0 Å². The summed E-state index contributed by atoms with van der Waals surface area (Å²) in [5, 5.41) is 3.46. The summed E-state index contributed by atoms with van der Waals surface area (Å²) < 4.78 is 8.87. The molecule has 0 bridgehead atoms. The Balaban J connectivity index is 1.07. The largest absolute Gasteiger partial charge is 0.452 e. The fourth-order valence-corrected chi connectivity index (χ4v) is 9.14. The summed E-state index contributed by atoms with van der Waals surface area (Å²) in [5.41, 5.74) is 13.0. The maximum absolute atomic E-state index is 6.43. The molecule has 0 amide bonds. The Kier molecular flexibility index (Phi) is 7.97. The number of nitrogens with zero attached hydrogens (tertiary/aromatic N) is 3. The standard InChI is InChI=1S/C52H33N3OS/c1-4-14-34(15-5-1)35-24-28-40(29-25-35)55(39-18-8-3-9-19-39)41-30-26-36(27-31-41)44-32-38(33-47-48(44)43-21-11-13-23-46(43)57-47)52-53-49(37-16-6-2-7-17-37)51-50(54-52)42-20-10-12-22-45(42)56-51/h1-33H. The molecule has 0 spiro atoms. The molecular formula is C52H33N3OS. The fraction of sp³-hybridized carbons (Fsp3) is 0. The Labute approximate surface area is 333 Å². The zero-order valence-electron chi connectivity index (χ0n) is 30.7. The first-order chi connectivity index (χ1) is 28.2. The normalized spacial score (nSPS) is 11.5.